The SMILES string of the molecule is C=CC(=O)O.CC(C#N)(CCC(=O)O)CC(I)C(=O)O. The molecule has 2 unspecified atom stereocenters. The Kier molecular flexibility index (Phi) is 10.5. The highest BCUT2D eigenvalue weighted by Crippen LogP contribution is 2.31. The number of halogens is 1. The van der Waals surface area contributed by atoms with Gasteiger partial charge in [0, 0.05) is 12.5 Å². The molecule has 20 heavy (non-hydrogen) atoms. The molecule has 0 bridgehead atoms. The van der Waals surface area contributed by atoms with Gasteiger partial charge in [-0.3, -0.25) is 9.59 Å². The van der Waals surface area contributed by atoms with E-state index in [-0.39, 0.29) is 19.3 Å². The zero-order chi connectivity index (χ0) is 16.3. The second kappa shape index (κ2) is 10.2. The Morgan fingerprint density at radius 3 is 2.10 bits per heavy atom. The first kappa shape index (κ1) is 20.7. The molecule has 2 atom stereocenters. The van der Waals surface area contributed by atoms with E-state index >= 15 is 0 Å². The molecule has 8 heteroatoms. The number of hydrogen-bond acceptors (Lipinski definition) is 4. The van der Waals surface area contributed by atoms with E-state index in [2.05, 4.69) is 6.58 Å². The van der Waals surface area contributed by atoms with Crippen LogP contribution in [0.5, 0.6) is 0 Å². The molecule has 0 spiro atoms. The smallest absolute Gasteiger partial charge is 0.327 e. The Hall–Kier alpha value is -1.63. The largest absolute Gasteiger partial charge is 0.481 e. The van der Waals surface area contributed by atoms with E-state index in [0.29, 0.717) is 0 Å². The molecule has 0 aliphatic rings. The maximum Gasteiger partial charge on any atom is 0.327 e. The highest BCUT2D eigenvalue weighted by Gasteiger charge is 2.30. The monoisotopic (exact) mass is 397 g/mol. The molecule has 7 nitrogen and oxygen atoms in total. The van der Waals surface area contributed by atoms with Crippen LogP contribution in [0.15, 0.2) is 12.7 Å². The van der Waals surface area contributed by atoms with Crippen LogP contribution in [0.1, 0.15) is 26.2 Å². The number of nitrogens with zero attached hydrogens (tertiary/aromatic N) is 1. The van der Waals surface area contributed by atoms with Crippen molar-refractivity contribution in [2.75, 3.05) is 0 Å². The van der Waals surface area contributed by atoms with Crippen molar-refractivity contribution in [3.63, 3.8) is 0 Å². The number of carbonyl (C=O) groups is 3. The zero-order valence-electron chi connectivity index (χ0n) is 10.9. The molecule has 112 valence electrons. The Balaban J connectivity index is 0. The van der Waals surface area contributed by atoms with Gasteiger partial charge in [0.2, 0.25) is 0 Å². The predicted octanol–water partition coefficient (Wildman–Crippen LogP) is 1.92. The number of carboxylic acids is 3. The van der Waals surface area contributed by atoms with Crippen molar-refractivity contribution >= 4 is 40.5 Å². The first-order valence-electron chi connectivity index (χ1n) is 5.43. The highest BCUT2D eigenvalue weighted by atomic mass is 127. The molecule has 0 saturated carbocycles. The van der Waals surface area contributed by atoms with Crippen molar-refractivity contribution < 1.29 is 29.7 Å². The summed E-state index contributed by atoms with van der Waals surface area (Å²) >= 11 is 1.74. The lowest BCUT2D eigenvalue weighted by Crippen LogP contribution is -2.24. The average Bonchev–Trinajstić information content (AvgIpc) is 2.37. The molecule has 3 N–H and O–H groups in total. The molecule has 0 aromatic carbocycles. The fraction of sp³-hybridized carbons (Fsp3) is 0.500. The van der Waals surface area contributed by atoms with Crippen LogP contribution < -0.4 is 0 Å². The Morgan fingerprint density at radius 1 is 1.40 bits per heavy atom. The van der Waals surface area contributed by atoms with E-state index in [1.165, 1.54) is 0 Å². The van der Waals surface area contributed by atoms with E-state index in [0.717, 1.165) is 6.08 Å². The fourth-order valence-corrected chi connectivity index (χ4v) is 2.04. The number of carboxylic acid groups (broad SMARTS) is 3. The van der Waals surface area contributed by atoms with Crippen molar-refractivity contribution in [3.8, 4) is 6.07 Å². The third kappa shape index (κ3) is 11.5. The molecular formula is C12H16INO6. The van der Waals surface area contributed by atoms with Crippen LogP contribution in [0, 0.1) is 16.7 Å². The lowest BCUT2D eigenvalue weighted by atomic mass is 9.82. The van der Waals surface area contributed by atoms with Gasteiger partial charge in [-0.1, -0.05) is 29.2 Å². The summed E-state index contributed by atoms with van der Waals surface area (Å²) in [6.45, 7) is 4.55. The normalized spacial score (nSPS) is 13.7. The molecule has 0 aliphatic heterocycles. The standard InChI is InChI=1S/C9H12INO4.C3H4O2/c1-9(5-11,3-2-7(12)13)4-6(10)8(14)15;1-2-3(4)5/h6H,2-4H2,1H3,(H,12,13)(H,14,15);2H,1H2,(H,4,5). The molecule has 0 saturated heterocycles. The highest BCUT2D eigenvalue weighted by molar-refractivity contribution is 14.1. The van der Waals surface area contributed by atoms with Crippen LogP contribution in [0.25, 0.3) is 0 Å². The van der Waals surface area contributed by atoms with Gasteiger partial charge in [-0.2, -0.15) is 5.26 Å². The van der Waals surface area contributed by atoms with Gasteiger partial charge in [-0.05, 0) is 19.8 Å². The van der Waals surface area contributed by atoms with Crippen molar-refractivity contribution in [1.82, 2.24) is 0 Å². The van der Waals surface area contributed by atoms with E-state index in [4.69, 9.17) is 20.6 Å². The summed E-state index contributed by atoms with van der Waals surface area (Å²) in [6.07, 6.45) is 1.05. The molecule has 0 aromatic rings. The third-order valence-electron chi connectivity index (χ3n) is 2.23. The Morgan fingerprint density at radius 2 is 1.85 bits per heavy atom. The van der Waals surface area contributed by atoms with Crippen molar-refractivity contribution in [3.05, 3.63) is 12.7 Å². The maximum atomic E-state index is 10.6. The minimum atomic E-state index is -0.981. The van der Waals surface area contributed by atoms with Gasteiger partial charge >= 0.3 is 17.9 Å². The molecule has 0 radical (unpaired) electrons. The minimum absolute atomic E-state index is 0.118. The first-order valence-corrected chi connectivity index (χ1v) is 6.68. The number of alkyl halides is 1. The van der Waals surface area contributed by atoms with Gasteiger partial charge in [0.15, 0.2) is 0 Å². The second-order valence-corrected chi connectivity index (χ2v) is 5.62. The van der Waals surface area contributed by atoms with Gasteiger partial charge in [-0.15, -0.1) is 0 Å². The topological polar surface area (TPSA) is 136 Å². The van der Waals surface area contributed by atoms with E-state index in [1.54, 1.807) is 29.5 Å². The lowest BCUT2D eigenvalue weighted by molar-refractivity contribution is -0.137. The third-order valence-corrected chi connectivity index (χ3v) is 3.21. The summed E-state index contributed by atoms with van der Waals surface area (Å²) in [7, 11) is 0. The molecule has 0 amide bonds. The van der Waals surface area contributed by atoms with Crippen LogP contribution in [-0.2, 0) is 14.4 Å². The van der Waals surface area contributed by atoms with Crippen molar-refractivity contribution in [1.29, 1.82) is 5.26 Å². The fourth-order valence-electron chi connectivity index (χ4n) is 1.07. The Bertz CT molecular complexity index is 417. The quantitative estimate of drug-likeness (QED) is 0.339. The first-order chi connectivity index (χ1) is 9.07. The predicted molar refractivity (Wildman–Crippen MR) is 78.5 cm³/mol. The zero-order valence-corrected chi connectivity index (χ0v) is 13.0. The summed E-state index contributed by atoms with van der Waals surface area (Å²) in [4.78, 5) is 30.2. The minimum Gasteiger partial charge on any atom is -0.481 e. The van der Waals surface area contributed by atoms with E-state index in [1.807, 2.05) is 6.07 Å². The van der Waals surface area contributed by atoms with Gasteiger partial charge in [0.1, 0.15) is 3.92 Å². The molecule has 0 fully saturated rings. The maximum absolute atomic E-state index is 10.6. The van der Waals surface area contributed by atoms with Gasteiger partial charge in [0.25, 0.3) is 0 Å². The summed E-state index contributed by atoms with van der Waals surface area (Å²) < 4.78 is -0.666. The van der Waals surface area contributed by atoms with Crippen LogP contribution in [0.2, 0.25) is 0 Å². The molecular weight excluding hydrogens is 381 g/mol. The van der Waals surface area contributed by atoms with Crippen LogP contribution >= 0.6 is 22.6 Å². The summed E-state index contributed by atoms with van der Waals surface area (Å²) in [5.41, 5.74) is -0.886. The average molecular weight is 397 g/mol. The summed E-state index contributed by atoms with van der Waals surface area (Å²) in [6, 6.07) is 1.99. The lowest BCUT2D eigenvalue weighted by Gasteiger charge is -2.21. The Labute approximate surface area is 130 Å². The van der Waals surface area contributed by atoms with Gasteiger partial charge in [0.05, 0.1) is 11.5 Å². The number of rotatable bonds is 7. The van der Waals surface area contributed by atoms with Gasteiger partial charge < -0.3 is 15.3 Å². The second-order valence-electron chi connectivity index (χ2n) is 4.12. The van der Waals surface area contributed by atoms with E-state index in [9.17, 15) is 14.4 Å². The summed E-state index contributed by atoms with van der Waals surface area (Å²) in [5, 5.41) is 33.7. The van der Waals surface area contributed by atoms with Crippen molar-refractivity contribution in [2.24, 2.45) is 5.41 Å². The number of aliphatic carboxylic acids is 3. The van der Waals surface area contributed by atoms with Gasteiger partial charge in [-0.25, -0.2) is 4.79 Å². The molecule has 0 heterocycles. The number of hydrogen-bond donors (Lipinski definition) is 3. The van der Waals surface area contributed by atoms with Crippen LogP contribution in [0.3, 0.4) is 0 Å². The van der Waals surface area contributed by atoms with Crippen LogP contribution in [-0.4, -0.2) is 37.2 Å². The molecule has 0 aromatic heterocycles. The molecule has 0 rings (SSSR count). The number of nitriles is 1. The molecule has 0 aliphatic carbocycles. The van der Waals surface area contributed by atoms with Crippen LogP contribution in [0.4, 0.5) is 0 Å². The summed E-state index contributed by atoms with van der Waals surface area (Å²) in [5.74, 6) is -2.94. The van der Waals surface area contributed by atoms with E-state index < -0.39 is 27.2 Å². The van der Waals surface area contributed by atoms with Crippen molar-refractivity contribution in [2.45, 2.75) is 30.1 Å².